The molecule has 0 aromatic carbocycles. The van der Waals surface area contributed by atoms with Gasteiger partial charge in [0.2, 0.25) is 0 Å². The molecule has 1 unspecified atom stereocenters. The first-order valence-electron chi connectivity index (χ1n) is 5.66. The predicted octanol–water partition coefficient (Wildman–Crippen LogP) is 1.29. The van der Waals surface area contributed by atoms with E-state index in [-0.39, 0.29) is 11.6 Å². The third kappa shape index (κ3) is 2.48. The lowest BCUT2D eigenvalue weighted by atomic mass is 10.0. The highest BCUT2D eigenvalue weighted by molar-refractivity contribution is 5.97. The fraction of sp³-hybridized carbons (Fsp3) is 0.417. The van der Waals surface area contributed by atoms with Gasteiger partial charge in [0, 0.05) is 6.61 Å². The number of aromatic carboxylic acids is 1. The highest BCUT2D eigenvalue weighted by Gasteiger charge is 2.37. The molecule has 1 atom stereocenters. The number of carbonyl (C=O) groups is 2. The number of rotatable bonds is 3. The first-order chi connectivity index (χ1) is 8.51. The Balaban J connectivity index is 2.05. The van der Waals surface area contributed by atoms with Gasteiger partial charge in [0.1, 0.15) is 11.3 Å². The molecular formula is C12H14N2O4. The number of carboxylic acids is 1. The van der Waals surface area contributed by atoms with E-state index in [1.54, 1.807) is 6.92 Å². The van der Waals surface area contributed by atoms with Crippen LogP contribution in [0.15, 0.2) is 18.3 Å². The molecule has 6 heteroatoms. The van der Waals surface area contributed by atoms with Crippen LogP contribution < -0.4 is 5.32 Å². The highest BCUT2D eigenvalue weighted by Crippen LogP contribution is 2.26. The number of hydrogen-bond donors (Lipinski definition) is 2. The maximum absolute atomic E-state index is 12.0. The van der Waals surface area contributed by atoms with Crippen molar-refractivity contribution in [2.75, 3.05) is 11.9 Å². The predicted molar refractivity (Wildman–Crippen MR) is 63.4 cm³/mol. The molecule has 0 radical (unpaired) electrons. The maximum Gasteiger partial charge on any atom is 0.354 e. The minimum absolute atomic E-state index is 0.0590. The van der Waals surface area contributed by atoms with E-state index >= 15 is 0 Å². The Hall–Kier alpha value is -1.95. The third-order valence-corrected chi connectivity index (χ3v) is 2.94. The molecule has 1 aromatic heterocycles. The lowest BCUT2D eigenvalue weighted by Gasteiger charge is -2.21. The van der Waals surface area contributed by atoms with Crippen LogP contribution in [0.4, 0.5) is 5.69 Å². The van der Waals surface area contributed by atoms with Crippen LogP contribution in [-0.2, 0) is 9.53 Å². The third-order valence-electron chi connectivity index (χ3n) is 2.94. The Kier molecular flexibility index (Phi) is 3.29. The lowest BCUT2D eigenvalue weighted by molar-refractivity contribution is -0.133. The molecule has 2 N–H and O–H groups in total. The summed E-state index contributed by atoms with van der Waals surface area (Å²) in [5, 5.41) is 11.4. The molecule has 0 spiro atoms. The summed E-state index contributed by atoms with van der Waals surface area (Å²) < 4.78 is 5.41. The van der Waals surface area contributed by atoms with Crippen LogP contribution in [0.1, 0.15) is 30.3 Å². The Morgan fingerprint density at radius 2 is 2.28 bits per heavy atom. The SMILES string of the molecule is CC1(C(=O)Nc2ccc(C(=O)O)nc2)CCCO1. The molecule has 1 fully saturated rings. The van der Waals surface area contributed by atoms with E-state index in [9.17, 15) is 9.59 Å². The van der Waals surface area contributed by atoms with Gasteiger partial charge in [0.15, 0.2) is 0 Å². The first-order valence-corrected chi connectivity index (χ1v) is 5.66. The number of carbonyl (C=O) groups excluding carboxylic acids is 1. The standard InChI is InChI=1S/C12H14N2O4/c1-12(5-2-6-18-12)11(17)14-8-3-4-9(10(15)16)13-7-8/h3-4,7H,2,5-6H2,1H3,(H,14,17)(H,15,16). The van der Waals surface area contributed by atoms with E-state index in [1.165, 1.54) is 18.3 Å². The summed E-state index contributed by atoms with van der Waals surface area (Å²) in [5.74, 6) is -1.33. The van der Waals surface area contributed by atoms with Crippen molar-refractivity contribution in [3.8, 4) is 0 Å². The monoisotopic (exact) mass is 250 g/mol. The highest BCUT2D eigenvalue weighted by atomic mass is 16.5. The van der Waals surface area contributed by atoms with Crippen molar-refractivity contribution in [3.05, 3.63) is 24.0 Å². The van der Waals surface area contributed by atoms with E-state index < -0.39 is 11.6 Å². The summed E-state index contributed by atoms with van der Waals surface area (Å²) in [6.45, 7) is 2.33. The van der Waals surface area contributed by atoms with Crippen molar-refractivity contribution in [2.24, 2.45) is 0 Å². The van der Waals surface area contributed by atoms with E-state index in [0.717, 1.165) is 6.42 Å². The van der Waals surface area contributed by atoms with Gasteiger partial charge in [-0.25, -0.2) is 9.78 Å². The van der Waals surface area contributed by atoms with Gasteiger partial charge < -0.3 is 15.2 Å². The minimum Gasteiger partial charge on any atom is -0.477 e. The van der Waals surface area contributed by atoms with E-state index in [0.29, 0.717) is 18.7 Å². The van der Waals surface area contributed by atoms with Gasteiger partial charge in [-0.05, 0) is 31.9 Å². The number of nitrogens with one attached hydrogen (secondary N) is 1. The number of aromatic nitrogens is 1. The molecule has 2 heterocycles. The molecule has 6 nitrogen and oxygen atoms in total. The first kappa shape index (κ1) is 12.5. The Bertz CT molecular complexity index is 463. The largest absolute Gasteiger partial charge is 0.477 e. The number of anilines is 1. The molecule has 0 bridgehead atoms. The van der Waals surface area contributed by atoms with Crippen molar-refractivity contribution in [2.45, 2.75) is 25.4 Å². The number of pyridine rings is 1. The summed E-state index contributed by atoms with van der Waals surface area (Å²) in [7, 11) is 0. The van der Waals surface area contributed by atoms with Crippen molar-refractivity contribution in [1.82, 2.24) is 4.98 Å². The van der Waals surface area contributed by atoms with Gasteiger partial charge >= 0.3 is 5.97 Å². The van der Waals surface area contributed by atoms with Crippen molar-refractivity contribution in [1.29, 1.82) is 0 Å². The van der Waals surface area contributed by atoms with Gasteiger partial charge in [0.25, 0.3) is 5.91 Å². The topological polar surface area (TPSA) is 88.5 Å². The normalized spacial score (nSPS) is 22.7. The van der Waals surface area contributed by atoms with Crippen LogP contribution in [0.5, 0.6) is 0 Å². The number of nitrogens with zero attached hydrogens (tertiary/aromatic N) is 1. The summed E-state index contributed by atoms with van der Waals surface area (Å²) in [5.41, 5.74) is -0.399. The quantitative estimate of drug-likeness (QED) is 0.843. The van der Waals surface area contributed by atoms with Gasteiger partial charge in [-0.3, -0.25) is 4.79 Å². The molecule has 0 saturated carbocycles. The molecule has 1 saturated heterocycles. The fourth-order valence-electron chi connectivity index (χ4n) is 1.82. The van der Waals surface area contributed by atoms with Crippen LogP contribution >= 0.6 is 0 Å². The van der Waals surface area contributed by atoms with Crippen LogP contribution in [0.3, 0.4) is 0 Å². The second kappa shape index (κ2) is 4.73. The van der Waals surface area contributed by atoms with Crippen LogP contribution in [-0.4, -0.2) is 34.2 Å². The molecule has 1 aromatic rings. The lowest BCUT2D eigenvalue weighted by Crippen LogP contribution is -2.39. The van der Waals surface area contributed by atoms with Gasteiger partial charge in [-0.2, -0.15) is 0 Å². The van der Waals surface area contributed by atoms with Crippen molar-refractivity contribution in [3.63, 3.8) is 0 Å². The van der Waals surface area contributed by atoms with Gasteiger partial charge in [0.05, 0.1) is 11.9 Å². The van der Waals surface area contributed by atoms with Crippen molar-refractivity contribution < 1.29 is 19.4 Å². The summed E-state index contributed by atoms with van der Waals surface area (Å²) >= 11 is 0. The molecule has 18 heavy (non-hydrogen) atoms. The zero-order valence-electron chi connectivity index (χ0n) is 9.97. The van der Waals surface area contributed by atoms with Crippen LogP contribution in [0.25, 0.3) is 0 Å². The fourth-order valence-corrected chi connectivity index (χ4v) is 1.82. The molecule has 1 aliphatic heterocycles. The Morgan fingerprint density at radius 3 is 2.78 bits per heavy atom. The summed E-state index contributed by atoms with van der Waals surface area (Å²) in [6.07, 6.45) is 2.86. The Labute approximate surface area is 104 Å². The summed E-state index contributed by atoms with van der Waals surface area (Å²) in [6, 6.07) is 2.85. The number of carboxylic acid groups (broad SMARTS) is 1. The maximum atomic E-state index is 12.0. The van der Waals surface area contributed by atoms with E-state index in [2.05, 4.69) is 10.3 Å². The molecule has 1 aliphatic rings. The minimum atomic E-state index is -1.10. The Morgan fingerprint density at radius 1 is 1.50 bits per heavy atom. The second-order valence-corrected chi connectivity index (χ2v) is 4.37. The number of hydrogen-bond acceptors (Lipinski definition) is 4. The number of amides is 1. The molecular weight excluding hydrogens is 236 g/mol. The van der Waals surface area contributed by atoms with E-state index in [4.69, 9.17) is 9.84 Å². The van der Waals surface area contributed by atoms with Gasteiger partial charge in [-0.15, -0.1) is 0 Å². The van der Waals surface area contributed by atoms with Crippen molar-refractivity contribution >= 4 is 17.6 Å². The smallest absolute Gasteiger partial charge is 0.354 e. The average Bonchev–Trinajstić information content (AvgIpc) is 2.78. The van der Waals surface area contributed by atoms with Gasteiger partial charge in [-0.1, -0.05) is 0 Å². The molecule has 96 valence electrons. The van der Waals surface area contributed by atoms with E-state index in [1.807, 2.05) is 0 Å². The number of ether oxygens (including phenoxy) is 1. The zero-order chi connectivity index (χ0) is 13.2. The second-order valence-electron chi connectivity index (χ2n) is 4.37. The zero-order valence-corrected chi connectivity index (χ0v) is 9.97. The summed E-state index contributed by atoms with van der Waals surface area (Å²) in [4.78, 5) is 26.3. The molecule has 0 aliphatic carbocycles. The molecule has 2 rings (SSSR count). The molecule has 1 amide bonds. The van der Waals surface area contributed by atoms with Crippen LogP contribution in [0, 0.1) is 0 Å². The van der Waals surface area contributed by atoms with Crippen LogP contribution in [0.2, 0.25) is 0 Å². The average molecular weight is 250 g/mol.